The summed E-state index contributed by atoms with van der Waals surface area (Å²) in [7, 11) is 1.89. The Labute approximate surface area is 128 Å². The van der Waals surface area contributed by atoms with Crippen LogP contribution in [0, 0.1) is 5.92 Å². The number of amides is 1. The Morgan fingerprint density at radius 3 is 2.43 bits per heavy atom. The first kappa shape index (κ1) is 15.6. The molecule has 1 aromatic carbocycles. The fourth-order valence-corrected chi connectivity index (χ4v) is 2.74. The maximum Gasteiger partial charge on any atom is 0.247 e. The molecule has 0 aliphatic carbocycles. The Morgan fingerprint density at radius 2 is 1.86 bits per heavy atom. The summed E-state index contributed by atoms with van der Waals surface area (Å²) in [6.45, 7) is 8.50. The topological polar surface area (TPSA) is 23.6 Å². The molecule has 1 heterocycles. The van der Waals surface area contributed by atoms with E-state index in [-0.39, 0.29) is 17.6 Å². The monoisotopic (exact) mass is 286 g/mol. The van der Waals surface area contributed by atoms with Gasteiger partial charge in [0.15, 0.2) is 0 Å². The van der Waals surface area contributed by atoms with Gasteiger partial charge in [-0.25, -0.2) is 0 Å². The highest BCUT2D eigenvalue weighted by molar-refractivity contribution is 5.85. The van der Waals surface area contributed by atoms with Crippen molar-refractivity contribution in [2.75, 3.05) is 7.05 Å². The van der Waals surface area contributed by atoms with Crippen LogP contribution in [0.15, 0.2) is 42.6 Å². The number of benzene rings is 1. The molecule has 1 amide bonds. The van der Waals surface area contributed by atoms with Crippen LogP contribution in [0.1, 0.15) is 33.3 Å². The molecular formula is C18H26N2O. The highest BCUT2D eigenvalue weighted by atomic mass is 16.2. The Morgan fingerprint density at radius 1 is 1.24 bits per heavy atom. The van der Waals surface area contributed by atoms with Crippen molar-refractivity contribution in [2.45, 2.75) is 45.8 Å². The summed E-state index contributed by atoms with van der Waals surface area (Å²) in [4.78, 5) is 16.7. The molecule has 0 N–H and O–H groups in total. The first-order valence-electron chi connectivity index (χ1n) is 7.62. The van der Waals surface area contributed by atoms with E-state index in [9.17, 15) is 4.79 Å². The van der Waals surface area contributed by atoms with E-state index in [1.807, 2.05) is 30.1 Å². The molecule has 0 spiro atoms. The van der Waals surface area contributed by atoms with Gasteiger partial charge in [-0.1, -0.05) is 50.3 Å². The van der Waals surface area contributed by atoms with Crippen LogP contribution >= 0.6 is 0 Å². The van der Waals surface area contributed by atoms with Gasteiger partial charge in [-0.05, 0) is 31.5 Å². The second kappa shape index (κ2) is 5.92. The first-order chi connectivity index (χ1) is 9.84. The van der Waals surface area contributed by atoms with Crippen molar-refractivity contribution >= 4 is 5.91 Å². The van der Waals surface area contributed by atoms with E-state index in [2.05, 4.69) is 57.0 Å². The van der Waals surface area contributed by atoms with E-state index in [1.54, 1.807) is 0 Å². The minimum Gasteiger partial charge on any atom is -0.343 e. The van der Waals surface area contributed by atoms with Crippen LogP contribution in [0.3, 0.4) is 0 Å². The van der Waals surface area contributed by atoms with Crippen molar-refractivity contribution in [1.29, 1.82) is 0 Å². The zero-order chi connectivity index (χ0) is 15.6. The largest absolute Gasteiger partial charge is 0.343 e. The maximum atomic E-state index is 12.6. The van der Waals surface area contributed by atoms with Crippen molar-refractivity contribution < 1.29 is 4.79 Å². The molecule has 1 aliphatic heterocycles. The minimum atomic E-state index is -0.290. The lowest BCUT2D eigenvalue weighted by Gasteiger charge is -2.36. The van der Waals surface area contributed by atoms with E-state index in [4.69, 9.17) is 0 Å². The van der Waals surface area contributed by atoms with Crippen LogP contribution < -0.4 is 0 Å². The summed E-state index contributed by atoms with van der Waals surface area (Å²) >= 11 is 0. The number of hydrogen-bond donors (Lipinski definition) is 0. The van der Waals surface area contributed by atoms with Crippen molar-refractivity contribution in [3.63, 3.8) is 0 Å². The number of carbonyl (C=O) groups is 1. The third kappa shape index (κ3) is 3.12. The highest BCUT2D eigenvalue weighted by Gasteiger charge is 2.47. The second-order valence-electron chi connectivity index (χ2n) is 6.59. The SMILES string of the molecule is CC(C)/C=C/N1[C@@H](Cc2ccccc2)C(=O)N(C)C1(C)C. The molecule has 0 aromatic heterocycles. The summed E-state index contributed by atoms with van der Waals surface area (Å²) in [5, 5.41) is 0. The van der Waals surface area contributed by atoms with Crippen LogP contribution in [-0.2, 0) is 11.2 Å². The van der Waals surface area contributed by atoms with Gasteiger partial charge in [0.05, 0.1) is 0 Å². The molecule has 21 heavy (non-hydrogen) atoms. The molecule has 114 valence electrons. The lowest BCUT2D eigenvalue weighted by molar-refractivity contribution is -0.129. The smallest absolute Gasteiger partial charge is 0.247 e. The molecule has 1 atom stereocenters. The minimum absolute atomic E-state index is 0.123. The van der Waals surface area contributed by atoms with Gasteiger partial charge in [0.2, 0.25) is 5.91 Å². The molecule has 0 radical (unpaired) electrons. The lowest BCUT2D eigenvalue weighted by Crippen LogP contribution is -2.46. The summed E-state index contributed by atoms with van der Waals surface area (Å²) in [6, 6.07) is 10.1. The standard InChI is InChI=1S/C18H26N2O/c1-14(2)11-12-20-16(13-15-9-7-6-8-10-15)17(21)19(5)18(20,3)4/h6-12,14,16H,13H2,1-5H3/b12-11+/t16-/m0/s1. The molecule has 1 saturated heterocycles. The molecule has 0 saturated carbocycles. The van der Waals surface area contributed by atoms with E-state index in [0.29, 0.717) is 5.92 Å². The van der Waals surface area contributed by atoms with Gasteiger partial charge < -0.3 is 9.80 Å². The van der Waals surface area contributed by atoms with Crippen molar-refractivity contribution in [3.8, 4) is 0 Å². The third-order valence-electron chi connectivity index (χ3n) is 4.31. The zero-order valence-corrected chi connectivity index (χ0v) is 13.7. The summed E-state index contributed by atoms with van der Waals surface area (Å²) in [5.74, 6) is 0.663. The molecule has 0 bridgehead atoms. The number of rotatable bonds is 4. The number of likely N-dealkylation sites (N-methyl/N-ethyl adjacent to an activating group) is 1. The Hall–Kier alpha value is -1.77. The molecule has 3 heteroatoms. The number of carbonyl (C=O) groups excluding carboxylic acids is 1. The van der Waals surface area contributed by atoms with Gasteiger partial charge in [-0.15, -0.1) is 0 Å². The predicted molar refractivity (Wildman–Crippen MR) is 86.6 cm³/mol. The average molecular weight is 286 g/mol. The predicted octanol–water partition coefficient (Wildman–Crippen LogP) is 3.28. The van der Waals surface area contributed by atoms with E-state index < -0.39 is 0 Å². The van der Waals surface area contributed by atoms with Gasteiger partial charge in [0, 0.05) is 13.5 Å². The van der Waals surface area contributed by atoms with E-state index >= 15 is 0 Å². The number of nitrogens with zero attached hydrogens (tertiary/aromatic N) is 2. The van der Waals surface area contributed by atoms with E-state index in [1.165, 1.54) is 5.56 Å². The normalized spacial score (nSPS) is 21.8. The van der Waals surface area contributed by atoms with Crippen LogP contribution in [0.4, 0.5) is 0 Å². The van der Waals surface area contributed by atoms with Gasteiger partial charge >= 0.3 is 0 Å². The quantitative estimate of drug-likeness (QED) is 0.848. The summed E-state index contributed by atoms with van der Waals surface area (Å²) in [6.07, 6.45) is 5.00. The fraction of sp³-hybridized carbons (Fsp3) is 0.500. The first-order valence-corrected chi connectivity index (χ1v) is 7.62. The summed E-state index contributed by atoms with van der Waals surface area (Å²) < 4.78 is 0. The highest BCUT2D eigenvalue weighted by Crippen LogP contribution is 2.32. The van der Waals surface area contributed by atoms with Gasteiger partial charge in [-0.2, -0.15) is 0 Å². The van der Waals surface area contributed by atoms with Crippen molar-refractivity contribution in [3.05, 3.63) is 48.2 Å². The Balaban J connectivity index is 2.29. The molecule has 0 unspecified atom stereocenters. The summed E-state index contributed by atoms with van der Waals surface area (Å²) in [5.41, 5.74) is 0.909. The van der Waals surface area contributed by atoms with E-state index in [0.717, 1.165) is 6.42 Å². The van der Waals surface area contributed by atoms with Gasteiger partial charge in [-0.3, -0.25) is 4.79 Å². The van der Waals surface area contributed by atoms with Gasteiger partial charge in [0.1, 0.15) is 11.7 Å². The Kier molecular flexibility index (Phi) is 4.40. The van der Waals surface area contributed by atoms with Crippen molar-refractivity contribution in [2.24, 2.45) is 5.92 Å². The lowest BCUT2D eigenvalue weighted by atomic mass is 10.0. The second-order valence-corrected chi connectivity index (χ2v) is 6.59. The van der Waals surface area contributed by atoms with Crippen LogP contribution in [0.2, 0.25) is 0 Å². The molecular weight excluding hydrogens is 260 g/mol. The molecule has 1 fully saturated rings. The van der Waals surface area contributed by atoms with Gasteiger partial charge in [0.25, 0.3) is 0 Å². The van der Waals surface area contributed by atoms with Crippen LogP contribution in [-0.4, -0.2) is 34.5 Å². The molecule has 3 nitrogen and oxygen atoms in total. The number of hydrogen-bond acceptors (Lipinski definition) is 2. The molecule has 2 rings (SSSR count). The average Bonchev–Trinajstić information content (AvgIpc) is 2.59. The maximum absolute atomic E-state index is 12.6. The number of allylic oxidation sites excluding steroid dienone is 1. The third-order valence-corrected chi connectivity index (χ3v) is 4.31. The Bertz CT molecular complexity index is 519. The van der Waals surface area contributed by atoms with Crippen LogP contribution in [0.5, 0.6) is 0 Å². The molecule has 1 aromatic rings. The fourth-order valence-electron chi connectivity index (χ4n) is 2.74. The zero-order valence-electron chi connectivity index (χ0n) is 13.7. The molecule has 1 aliphatic rings. The van der Waals surface area contributed by atoms with Crippen LogP contribution in [0.25, 0.3) is 0 Å². The van der Waals surface area contributed by atoms with Crippen molar-refractivity contribution in [1.82, 2.24) is 9.80 Å².